The van der Waals surface area contributed by atoms with Gasteiger partial charge in [-0.25, -0.2) is 0 Å². The van der Waals surface area contributed by atoms with Crippen molar-refractivity contribution in [2.75, 3.05) is 19.3 Å². The van der Waals surface area contributed by atoms with Crippen LogP contribution in [0.4, 0.5) is 0 Å². The van der Waals surface area contributed by atoms with E-state index in [0.717, 1.165) is 50.4 Å². The SMILES string of the molecule is CCS(=O)C1CCCC(NC(=NC)NCCc2cc(C)cc(C)c2)C1.I. The third-order valence-corrected chi connectivity index (χ3v) is 6.58. The first kappa shape index (κ1) is 23.4. The first-order valence-electron chi connectivity index (χ1n) is 9.43. The van der Waals surface area contributed by atoms with Gasteiger partial charge in [0.2, 0.25) is 0 Å². The number of rotatable bonds is 6. The average Bonchev–Trinajstić information content (AvgIpc) is 2.59. The average molecular weight is 491 g/mol. The fourth-order valence-corrected chi connectivity index (χ4v) is 5.02. The van der Waals surface area contributed by atoms with Crippen molar-refractivity contribution in [2.24, 2.45) is 4.99 Å². The molecule has 0 heterocycles. The molecule has 0 bridgehead atoms. The Bertz CT molecular complexity index is 601. The van der Waals surface area contributed by atoms with Gasteiger partial charge in [-0.05, 0) is 45.1 Å². The molecule has 26 heavy (non-hydrogen) atoms. The monoisotopic (exact) mass is 491 g/mol. The molecule has 1 aromatic carbocycles. The van der Waals surface area contributed by atoms with Crippen LogP contribution in [0, 0.1) is 13.8 Å². The van der Waals surface area contributed by atoms with Crippen molar-refractivity contribution in [3.8, 4) is 0 Å². The second-order valence-electron chi connectivity index (χ2n) is 7.04. The number of aryl methyl sites for hydroxylation is 2. The molecule has 2 rings (SSSR count). The lowest BCUT2D eigenvalue weighted by molar-refractivity contribution is 0.413. The van der Waals surface area contributed by atoms with E-state index in [-0.39, 0.29) is 24.0 Å². The summed E-state index contributed by atoms with van der Waals surface area (Å²) in [7, 11) is 1.13. The number of hydrogen-bond acceptors (Lipinski definition) is 2. The van der Waals surface area contributed by atoms with Gasteiger partial charge in [-0.1, -0.05) is 42.7 Å². The second-order valence-corrected chi connectivity index (χ2v) is 9.05. The summed E-state index contributed by atoms with van der Waals surface area (Å²) in [6, 6.07) is 7.08. The topological polar surface area (TPSA) is 53.5 Å². The molecular formula is C20H34IN3OS. The van der Waals surface area contributed by atoms with Crippen LogP contribution < -0.4 is 10.6 Å². The number of aliphatic imine (C=N–C) groups is 1. The molecule has 0 spiro atoms. The zero-order valence-electron chi connectivity index (χ0n) is 16.5. The Labute approximate surface area is 178 Å². The summed E-state index contributed by atoms with van der Waals surface area (Å²) in [4.78, 5) is 4.36. The highest BCUT2D eigenvalue weighted by molar-refractivity contribution is 14.0. The minimum Gasteiger partial charge on any atom is -0.356 e. The highest BCUT2D eigenvalue weighted by atomic mass is 127. The predicted octanol–water partition coefficient (Wildman–Crippen LogP) is 3.71. The summed E-state index contributed by atoms with van der Waals surface area (Å²) in [6.07, 6.45) is 5.34. The normalized spacial score (nSPS) is 21.6. The van der Waals surface area contributed by atoms with Crippen molar-refractivity contribution in [1.29, 1.82) is 0 Å². The summed E-state index contributed by atoms with van der Waals surface area (Å²) in [5.74, 6) is 1.62. The number of halogens is 1. The lowest BCUT2D eigenvalue weighted by atomic mass is 9.95. The van der Waals surface area contributed by atoms with Crippen LogP contribution >= 0.6 is 24.0 Å². The van der Waals surface area contributed by atoms with Gasteiger partial charge in [0, 0.05) is 41.4 Å². The maximum absolute atomic E-state index is 12.1. The van der Waals surface area contributed by atoms with Crippen molar-refractivity contribution in [2.45, 2.75) is 64.2 Å². The van der Waals surface area contributed by atoms with Gasteiger partial charge >= 0.3 is 0 Å². The van der Waals surface area contributed by atoms with E-state index < -0.39 is 10.8 Å². The zero-order valence-corrected chi connectivity index (χ0v) is 19.7. The van der Waals surface area contributed by atoms with E-state index >= 15 is 0 Å². The Kier molecular flexibility index (Phi) is 10.8. The number of benzene rings is 1. The highest BCUT2D eigenvalue weighted by Gasteiger charge is 2.25. The van der Waals surface area contributed by atoms with Crippen LogP contribution in [-0.4, -0.2) is 40.8 Å². The summed E-state index contributed by atoms with van der Waals surface area (Å²) < 4.78 is 12.1. The molecule has 3 unspecified atom stereocenters. The van der Waals surface area contributed by atoms with Crippen LogP contribution in [0.15, 0.2) is 23.2 Å². The first-order chi connectivity index (χ1) is 12.0. The first-order valence-corrected chi connectivity index (χ1v) is 10.8. The lowest BCUT2D eigenvalue weighted by Crippen LogP contribution is -2.47. The van der Waals surface area contributed by atoms with E-state index in [1.807, 2.05) is 14.0 Å². The van der Waals surface area contributed by atoms with Crippen molar-refractivity contribution in [3.63, 3.8) is 0 Å². The fourth-order valence-electron chi connectivity index (χ4n) is 3.68. The van der Waals surface area contributed by atoms with Gasteiger partial charge in [0.05, 0.1) is 0 Å². The summed E-state index contributed by atoms with van der Waals surface area (Å²) in [6.45, 7) is 7.16. The van der Waals surface area contributed by atoms with Gasteiger partial charge in [0.25, 0.3) is 0 Å². The maximum atomic E-state index is 12.1. The minimum absolute atomic E-state index is 0. The van der Waals surface area contributed by atoms with E-state index in [2.05, 4.69) is 47.7 Å². The van der Waals surface area contributed by atoms with Gasteiger partial charge in [0.1, 0.15) is 0 Å². The number of nitrogens with zero attached hydrogens (tertiary/aromatic N) is 1. The van der Waals surface area contributed by atoms with Crippen molar-refractivity contribution < 1.29 is 4.21 Å². The molecule has 1 aliphatic rings. The van der Waals surface area contributed by atoms with Crippen LogP contribution in [0.2, 0.25) is 0 Å². The minimum atomic E-state index is -0.686. The third kappa shape index (κ3) is 7.55. The molecule has 4 nitrogen and oxygen atoms in total. The van der Waals surface area contributed by atoms with E-state index in [4.69, 9.17) is 0 Å². The van der Waals surface area contributed by atoms with Gasteiger partial charge in [0.15, 0.2) is 5.96 Å². The van der Waals surface area contributed by atoms with Crippen molar-refractivity contribution >= 4 is 40.7 Å². The fraction of sp³-hybridized carbons (Fsp3) is 0.650. The largest absolute Gasteiger partial charge is 0.356 e. The molecule has 1 saturated carbocycles. The molecule has 1 aliphatic carbocycles. The molecule has 6 heteroatoms. The third-order valence-electron chi connectivity index (χ3n) is 4.83. The Hall–Kier alpha value is -0.630. The molecule has 0 aliphatic heterocycles. The number of nitrogens with one attached hydrogen (secondary N) is 2. The lowest BCUT2D eigenvalue weighted by Gasteiger charge is -2.30. The summed E-state index contributed by atoms with van der Waals surface area (Å²) >= 11 is 0. The molecule has 0 aromatic heterocycles. The standard InChI is InChI=1S/C20H33N3OS.HI/c1-5-25(24)19-8-6-7-18(14-19)23-20(21-4)22-10-9-17-12-15(2)11-16(3)13-17;/h11-13,18-19H,5-10,14H2,1-4H3,(H2,21,22,23);1H. The molecule has 2 N–H and O–H groups in total. The van der Waals surface area contributed by atoms with Gasteiger partial charge in [-0.3, -0.25) is 9.20 Å². The Balaban J connectivity index is 0.00000338. The zero-order chi connectivity index (χ0) is 18.2. The van der Waals surface area contributed by atoms with Gasteiger partial charge in [-0.15, -0.1) is 24.0 Å². The van der Waals surface area contributed by atoms with E-state index in [1.165, 1.54) is 16.7 Å². The highest BCUT2D eigenvalue weighted by Crippen LogP contribution is 2.22. The molecule has 148 valence electrons. The number of guanidine groups is 1. The summed E-state index contributed by atoms with van der Waals surface area (Å²) in [5, 5.41) is 7.29. The van der Waals surface area contributed by atoms with Gasteiger partial charge in [-0.2, -0.15) is 0 Å². The molecule has 0 radical (unpaired) electrons. The van der Waals surface area contributed by atoms with Crippen LogP contribution in [0.5, 0.6) is 0 Å². The van der Waals surface area contributed by atoms with Gasteiger partial charge < -0.3 is 10.6 Å². The molecule has 0 amide bonds. The molecule has 0 saturated heterocycles. The number of hydrogen-bond donors (Lipinski definition) is 2. The van der Waals surface area contributed by atoms with Crippen LogP contribution in [0.1, 0.15) is 49.3 Å². The van der Waals surface area contributed by atoms with Crippen LogP contribution in [-0.2, 0) is 17.2 Å². The molecule has 1 aromatic rings. The predicted molar refractivity (Wildman–Crippen MR) is 124 cm³/mol. The van der Waals surface area contributed by atoms with Crippen LogP contribution in [0.25, 0.3) is 0 Å². The van der Waals surface area contributed by atoms with Crippen molar-refractivity contribution in [1.82, 2.24) is 10.6 Å². The second kappa shape index (κ2) is 12.0. The molecule has 3 atom stereocenters. The van der Waals surface area contributed by atoms with E-state index in [9.17, 15) is 4.21 Å². The van der Waals surface area contributed by atoms with Crippen LogP contribution in [0.3, 0.4) is 0 Å². The van der Waals surface area contributed by atoms with E-state index in [1.54, 1.807) is 0 Å². The summed E-state index contributed by atoms with van der Waals surface area (Å²) in [5.41, 5.74) is 3.99. The smallest absolute Gasteiger partial charge is 0.191 e. The Morgan fingerprint density at radius 3 is 2.54 bits per heavy atom. The maximum Gasteiger partial charge on any atom is 0.191 e. The quantitative estimate of drug-likeness (QED) is 0.363. The Morgan fingerprint density at radius 2 is 1.92 bits per heavy atom. The molecule has 1 fully saturated rings. The molecular weight excluding hydrogens is 457 g/mol. The van der Waals surface area contributed by atoms with E-state index in [0.29, 0.717) is 11.3 Å². The van der Waals surface area contributed by atoms with Crippen molar-refractivity contribution in [3.05, 3.63) is 34.9 Å². The Morgan fingerprint density at radius 1 is 1.23 bits per heavy atom.